The molecule has 0 saturated heterocycles. The van der Waals surface area contributed by atoms with Crippen molar-refractivity contribution in [1.29, 1.82) is 0 Å². The quantitative estimate of drug-likeness (QED) is 0.121. The summed E-state index contributed by atoms with van der Waals surface area (Å²) >= 11 is 0. The molecular weight excluding hydrogens is 769 g/mol. The van der Waals surface area contributed by atoms with E-state index in [0.29, 0.717) is 22.4 Å². The fourth-order valence-electron chi connectivity index (χ4n) is 4.61. The molecule has 19 heteroatoms. The van der Waals surface area contributed by atoms with E-state index in [1.165, 1.54) is 56.4 Å². The van der Waals surface area contributed by atoms with Gasteiger partial charge in [-0.15, -0.1) is 0 Å². The number of sulfonamides is 2. The zero-order valence-electron chi connectivity index (χ0n) is 30.3. The Kier molecular flexibility index (Phi) is 15.5. The molecule has 13 nitrogen and oxygen atoms in total. The molecule has 0 unspecified atom stereocenters. The topological polar surface area (TPSA) is 190 Å². The van der Waals surface area contributed by atoms with Gasteiger partial charge in [0.15, 0.2) is 11.6 Å². The highest BCUT2D eigenvalue weighted by Crippen LogP contribution is 2.25. The number of aryl methyl sites for hydroxylation is 2. The maximum absolute atomic E-state index is 13.9. The van der Waals surface area contributed by atoms with Crippen LogP contribution in [-0.4, -0.2) is 75.3 Å². The van der Waals surface area contributed by atoms with Gasteiger partial charge in [0, 0.05) is 23.5 Å². The highest BCUT2D eigenvalue weighted by atomic mass is 32.2. The Labute approximate surface area is 316 Å². The minimum atomic E-state index is -3.75. The summed E-state index contributed by atoms with van der Waals surface area (Å²) in [5, 5.41) is 1.80. The van der Waals surface area contributed by atoms with Crippen molar-refractivity contribution in [2.24, 2.45) is 5.73 Å². The first-order valence-electron chi connectivity index (χ1n) is 16.6. The monoisotopic (exact) mass is 808 g/mol. The summed E-state index contributed by atoms with van der Waals surface area (Å²) < 4.78 is 104. The molecule has 4 aromatic rings. The van der Waals surface area contributed by atoms with Gasteiger partial charge in [0.25, 0.3) is 5.91 Å². The van der Waals surface area contributed by atoms with Gasteiger partial charge in [-0.1, -0.05) is 12.1 Å². The van der Waals surface area contributed by atoms with Crippen molar-refractivity contribution < 1.29 is 48.8 Å². The molecule has 4 rings (SSSR count). The molecule has 0 radical (unpaired) electrons. The zero-order valence-corrected chi connectivity index (χ0v) is 31.9. The Balaban J connectivity index is 0.000000300. The number of anilines is 2. The van der Waals surface area contributed by atoms with Gasteiger partial charge < -0.3 is 11.1 Å². The lowest BCUT2D eigenvalue weighted by molar-refractivity contribution is -0.131. The average Bonchev–Trinajstić information content (AvgIpc) is 3.17. The predicted octanol–water partition coefficient (Wildman–Crippen LogP) is 4.48. The number of ketones is 2. The average molecular weight is 809 g/mol. The van der Waals surface area contributed by atoms with Crippen LogP contribution in [0.25, 0.3) is 0 Å². The molecule has 296 valence electrons. The maximum Gasteiger partial charge on any atom is 0.315 e. The zero-order chi connectivity index (χ0) is 41.1. The number of carbonyl (C=O) groups is 3. The molecule has 2 aromatic carbocycles. The number of pyridine rings is 2. The van der Waals surface area contributed by atoms with Crippen LogP contribution >= 0.6 is 0 Å². The number of carbonyl (C=O) groups excluding carboxylic acids is 3. The number of nitrogens with zero attached hydrogens (tertiary/aromatic N) is 4. The van der Waals surface area contributed by atoms with Crippen molar-refractivity contribution in [3.05, 3.63) is 118 Å². The molecule has 55 heavy (non-hydrogen) atoms. The second-order valence-corrected chi connectivity index (χ2v) is 16.2. The molecule has 0 aliphatic rings. The highest BCUT2D eigenvalue weighted by molar-refractivity contribution is 7.93. The minimum absolute atomic E-state index is 0.0552. The first kappa shape index (κ1) is 44.1. The van der Waals surface area contributed by atoms with Gasteiger partial charge in [0.2, 0.25) is 20.0 Å². The molecule has 0 fully saturated rings. The Morgan fingerprint density at radius 2 is 1.13 bits per heavy atom. The number of hydrogen-bond donors (Lipinski definition) is 2. The smallest absolute Gasteiger partial charge is 0.315 e. The summed E-state index contributed by atoms with van der Waals surface area (Å²) in [7, 11) is -7.39. The van der Waals surface area contributed by atoms with Crippen LogP contribution in [0, 0.1) is 25.5 Å². The number of hydrogen-bond acceptors (Lipinski definition) is 10. The minimum Gasteiger partial charge on any atom is -0.344 e. The van der Waals surface area contributed by atoms with Crippen molar-refractivity contribution in [3.8, 4) is 0 Å². The Hall–Kier alpha value is -5.27. The SMILES string of the molecule is CCS(=O)(=O)N(Cc1ccc(C(=O)CN)cn1)c1ccc(C)c(F)c1.CCS(=O)(=O)N(Cc1ccc(C(=O)CNC(=O)C(F)F)cn1)c1ccc(C)c(F)c1. The third-order valence-corrected chi connectivity index (χ3v) is 11.5. The summed E-state index contributed by atoms with van der Waals surface area (Å²) in [6, 6.07) is 14.2. The Bertz CT molecular complexity index is 2210. The Morgan fingerprint density at radius 1 is 0.709 bits per heavy atom. The van der Waals surface area contributed by atoms with E-state index >= 15 is 0 Å². The van der Waals surface area contributed by atoms with Crippen LogP contribution in [0.3, 0.4) is 0 Å². The van der Waals surface area contributed by atoms with Gasteiger partial charge in [-0.2, -0.15) is 8.78 Å². The highest BCUT2D eigenvalue weighted by Gasteiger charge is 2.24. The van der Waals surface area contributed by atoms with Crippen molar-refractivity contribution in [2.45, 2.75) is 47.2 Å². The van der Waals surface area contributed by atoms with Crippen molar-refractivity contribution in [2.75, 3.05) is 33.2 Å². The first-order valence-corrected chi connectivity index (χ1v) is 19.8. The van der Waals surface area contributed by atoms with Gasteiger partial charge in [0.1, 0.15) is 11.6 Å². The van der Waals surface area contributed by atoms with Crippen LogP contribution in [0.15, 0.2) is 73.1 Å². The fourth-order valence-corrected chi connectivity index (χ4v) is 6.76. The number of nitrogens with one attached hydrogen (secondary N) is 1. The second-order valence-electron chi connectivity index (χ2n) is 11.8. The van der Waals surface area contributed by atoms with E-state index in [1.807, 2.05) is 0 Å². The Morgan fingerprint density at radius 3 is 1.45 bits per heavy atom. The van der Waals surface area contributed by atoms with Crippen molar-refractivity contribution in [3.63, 3.8) is 0 Å². The summed E-state index contributed by atoms with van der Waals surface area (Å²) in [6.45, 7) is 5.12. The molecule has 1 amide bonds. The van der Waals surface area contributed by atoms with E-state index in [2.05, 4.69) is 9.97 Å². The van der Waals surface area contributed by atoms with E-state index in [9.17, 15) is 48.8 Å². The second kappa shape index (κ2) is 19.4. The molecule has 0 aliphatic carbocycles. The molecule has 0 spiro atoms. The molecule has 0 aliphatic heterocycles. The largest absolute Gasteiger partial charge is 0.344 e. The predicted molar refractivity (Wildman–Crippen MR) is 199 cm³/mol. The number of alkyl halides is 2. The third-order valence-electron chi connectivity index (χ3n) is 8.00. The summed E-state index contributed by atoms with van der Waals surface area (Å²) in [5.41, 5.74) is 7.59. The number of benzene rings is 2. The van der Waals surface area contributed by atoms with Gasteiger partial charge in [-0.05, 0) is 87.4 Å². The van der Waals surface area contributed by atoms with E-state index < -0.39 is 56.3 Å². The summed E-state index contributed by atoms with van der Waals surface area (Å²) in [4.78, 5) is 42.5. The van der Waals surface area contributed by atoms with E-state index in [4.69, 9.17) is 5.73 Å². The van der Waals surface area contributed by atoms with Gasteiger partial charge in [-0.3, -0.25) is 33.0 Å². The van der Waals surface area contributed by atoms with Crippen LogP contribution in [-0.2, 0) is 37.9 Å². The standard InChI is InChI=1S/C19H20F3N3O4S.C17H20FN3O3S/c1-3-30(28,29)25(15-7-4-12(2)16(20)8-15)11-14-6-5-13(9-23-14)17(26)10-24-19(27)18(21)22;1-3-25(23,24)21(15-7-4-12(2)16(18)8-15)11-14-6-5-13(10-20-14)17(22)9-19/h4-9,18H,3,10-11H2,1-2H3,(H,24,27);4-8,10H,3,9,11,19H2,1-2H3. The summed E-state index contributed by atoms with van der Waals surface area (Å²) in [5.74, 6) is -3.83. The molecule has 2 aromatic heterocycles. The first-order chi connectivity index (χ1) is 25.8. The third kappa shape index (κ3) is 12.1. The lowest BCUT2D eigenvalue weighted by Gasteiger charge is -2.24. The number of halogens is 4. The lowest BCUT2D eigenvalue weighted by Crippen LogP contribution is -2.34. The molecule has 3 N–H and O–H groups in total. The van der Waals surface area contributed by atoms with Crippen LogP contribution in [0.1, 0.15) is 57.1 Å². The number of rotatable bonds is 16. The van der Waals surface area contributed by atoms with E-state index in [0.717, 1.165) is 20.9 Å². The van der Waals surface area contributed by atoms with Crippen molar-refractivity contribution in [1.82, 2.24) is 15.3 Å². The number of Topliss-reactive ketones (excluding diaryl/α,β-unsaturated/α-hetero) is 2. The van der Waals surface area contributed by atoms with E-state index in [-0.39, 0.29) is 59.6 Å². The molecule has 2 heterocycles. The van der Waals surface area contributed by atoms with Gasteiger partial charge >= 0.3 is 6.43 Å². The van der Waals surface area contributed by atoms with Crippen molar-refractivity contribution >= 4 is 48.9 Å². The van der Waals surface area contributed by atoms with E-state index in [1.54, 1.807) is 37.4 Å². The molecule has 0 atom stereocenters. The van der Waals surface area contributed by atoms with Crippen LogP contribution in [0.2, 0.25) is 0 Å². The number of amides is 1. The molecule has 0 bridgehead atoms. The van der Waals surface area contributed by atoms with Crippen LogP contribution < -0.4 is 19.7 Å². The maximum atomic E-state index is 13.9. The summed E-state index contributed by atoms with van der Waals surface area (Å²) in [6.07, 6.45) is -0.716. The number of nitrogens with two attached hydrogens (primary N) is 1. The number of aromatic nitrogens is 2. The normalized spacial score (nSPS) is 11.4. The van der Waals surface area contributed by atoms with Crippen LogP contribution in [0.5, 0.6) is 0 Å². The van der Waals surface area contributed by atoms with Gasteiger partial charge in [-0.25, -0.2) is 25.6 Å². The molecule has 0 saturated carbocycles. The van der Waals surface area contributed by atoms with Gasteiger partial charge in [0.05, 0.1) is 60.4 Å². The lowest BCUT2D eigenvalue weighted by atomic mass is 10.1. The fraction of sp³-hybridized carbons (Fsp3) is 0.306. The van der Waals surface area contributed by atoms with Crippen LogP contribution in [0.4, 0.5) is 28.9 Å². The molecular formula is C36H40F4N6O7S2.